The number of methoxy groups -OCH3 is 2. The van der Waals surface area contributed by atoms with Crippen LogP contribution in [0, 0.1) is 0 Å². The molecule has 1 atom stereocenters. The van der Waals surface area contributed by atoms with E-state index in [9.17, 15) is 8.42 Å². The fraction of sp³-hybridized carbons (Fsp3) is 0.333. The molecule has 1 aliphatic rings. The zero-order valence-electron chi connectivity index (χ0n) is 17.1. The van der Waals surface area contributed by atoms with E-state index in [1.165, 1.54) is 4.31 Å². The molecule has 0 spiro atoms. The first kappa shape index (κ1) is 21.8. The Morgan fingerprint density at radius 2 is 1.90 bits per heavy atom. The Hall–Kier alpha value is -2.43. The molecule has 164 valence electrons. The molecule has 0 aliphatic carbocycles. The SMILES string of the molecule is COc1ccc(-c2noc(C3CCCN(S(=O)(=O)c4ccc(Br)cc4)C3)n2)c(OC)c1. The van der Waals surface area contributed by atoms with Gasteiger partial charge in [0, 0.05) is 23.6 Å². The van der Waals surface area contributed by atoms with Crippen molar-refractivity contribution in [1.29, 1.82) is 0 Å². The van der Waals surface area contributed by atoms with Gasteiger partial charge in [-0.1, -0.05) is 21.1 Å². The molecule has 0 amide bonds. The predicted molar refractivity (Wildman–Crippen MR) is 118 cm³/mol. The number of nitrogens with zero attached hydrogens (tertiary/aromatic N) is 3. The minimum absolute atomic E-state index is 0.176. The van der Waals surface area contributed by atoms with Crippen LogP contribution >= 0.6 is 15.9 Å². The number of hydrogen-bond donors (Lipinski definition) is 0. The van der Waals surface area contributed by atoms with Crippen LogP contribution in [0.4, 0.5) is 0 Å². The molecule has 0 radical (unpaired) electrons. The smallest absolute Gasteiger partial charge is 0.243 e. The Labute approximate surface area is 189 Å². The minimum Gasteiger partial charge on any atom is -0.497 e. The van der Waals surface area contributed by atoms with Crippen LogP contribution in [0.2, 0.25) is 0 Å². The normalized spacial score (nSPS) is 17.5. The summed E-state index contributed by atoms with van der Waals surface area (Å²) < 4.78 is 44.6. The van der Waals surface area contributed by atoms with Crippen molar-refractivity contribution in [2.24, 2.45) is 0 Å². The first-order chi connectivity index (χ1) is 14.9. The molecule has 1 fully saturated rings. The molecule has 3 aromatic rings. The maximum Gasteiger partial charge on any atom is 0.243 e. The number of ether oxygens (including phenoxy) is 2. The van der Waals surface area contributed by atoms with Gasteiger partial charge in [-0.2, -0.15) is 9.29 Å². The van der Waals surface area contributed by atoms with Crippen molar-refractivity contribution in [2.45, 2.75) is 23.7 Å². The summed E-state index contributed by atoms with van der Waals surface area (Å²) in [5, 5.41) is 4.10. The molecule has 2 heterocycles. The lowest BCUT2D eigenvalue weighted by Crippen LogP contribution is -2.39. The highest BCUT2D eigenvalue weighted by atomic mass is 79.9. The zero-order valence-corrected chi connectivity index (χ0v) is 19.5. The summed E-state index contributed by atoms with van der Waals surface area (Å²) in [6.45, 7) is 0.752. The fourth-order valence-electron chi connectivity index (χ4n) is 3.61. The number of aromatic nitrogens is 2. The molecule has 8 nitrogen and oxygen atoms in total. The third-order valence-electron chi connectivity index (χ3n) is 5.28. The van der Waals surface area contributed by atoms with Crippen molar-refractivity contribution in [1.82, 2.24) is 14.4 Å². The summed E-state index contributed by atoms with van der Waals surface area (Å²) in [5.74, 6) is 1.86. The number of piperidine rings is 1. The Bertz CT molecular complexity index is 1160. The van der Waals surface area contributed by atoms with Gasteiger partial charge in [0.1, 0.15) is 11.5 Å². The molecule has 1 unspecified atom stereocenters. The third kappa shape index (κ3) is 4.46. The molecule has 10 heteroatoms. The maximum atomic E-state index is 13.1. The van der Waals surface area contributed by atoms with E-state index in [1.54, 1.807) is 56.7 Å². The largest absolute Gasteiger partial charge is 0.497 e. The van der Waals surface area contributed by atoms with Crippen LogP contribution in [-0.2, 0) is 10.0 Å². The van der Waals surface area contributed by atoms with E-state index in [4.69, 9.17) is 14.0 Å². The summed E-state index contributed by atoms with van der Waals surface area (Å²) in [7, 11) is -0.453. The molecule has 0 N–H and O–H groups in total. The van der Waals surface area contributed by atoms with Gasteiger partial charge in [0.2, 0.25) is 21.7 Å². The molecule has 31 heavy (non-hydrogen) atoms. The predicted octanol–water partition coefficient (Wildman–Crippen LogP) is 4.08. The number of hydrogen-bond acceptors (Lipinski definition) is 7. The maximum absolute atomic E-state index is 13.1. The van der Waals surface area contributed by atoms with E-state index < -0.39 is 10.0 Å². The average Bonchev–Trinajstić information content (AvgIpc) is 3.29. The fourth-order valence-corrected chi connectivity index (χ4v) is 5.40. The van der Waals surface area contributed by atoms with Gasteiger partial charge in [-0.3, -0.25) is 0 Å². The van der Waals surface area contributed by atoms with E-state index in [0.29, 0.717) is 48.3 Å². The summed E-state index contributed by atoms with van der Waals surface area (Å²) >= 11 is 3.34. The highest BCUT2D eigenvalue weighted by Gasteiger charge is 2.33. The molecule has 0 saturated carbocycles. The van der Waals surface area contributed by atoms with Crippen LogP contribution in [0.3, 0.4) is 0 Å². The van der Waals surface area contributed by atoms with E-state index in [0.717, 1.165) is 10.9 Å². The van der Waals surface area contributed by atoms with Gasteiger partial charge in [-0.15, -0.1) is 0 Å². The van der Waals surface area contributed by atoms with E-state index in [1.807, 2.05) is 0 Å². The quantitative estimate of drug-likeness (QED) is 0.495. The minimum atomic E-state index is -3.59. The number of rotatable bonds is 6. The van der Waals surface area contributed by atoms with Crippen molar-refractivity contribution in [2.75, 3.05) is 27.3 Å². The Morgan fingerprint density at radius 3 is 2.61 bits per heavy atom. The third-order valence-corrected chi connectivity index (χ3v) is 7.68. The molecule has 0 bridgehead atoms. The molecular weight excluding hydrogens is 486 g/mol. The number of halogens is 1. The molecule has 4 rings (SSSR count). The van der Waals surface area contributed by atoms with Gasteiger partial charge in [-0.25, -0.2) is 8.42 Å². The highest BCUT2D eigenvalue weighted by molar-refractivity contribution is 9.10. The Kier molecular flexibility index (Phi) is 6.31. The van der Waals surface area contributed by atoms with Crippen LogP contribution in [0.15, 0.2) is 56.4 Å². The lowest BCUT2D eigenvalue weighted by atomic mass is 10.00. The second-order valence-corrected chi connectivity index (χ2v) is 10.0. The first-order valence-corrected chi connectivity index (χ1v) is 12.0. The van der Waals surface area contributed by atoms with Crippen molar-refractivity contribution in [3.63, 3.8) is 0 Å². The van der Waals surface area contributed by atoms with Crippen molar-refractivity contribution < 1.29 is 22.4 Å². The second-order valence-electron chi connectivity index (χ2n) is 7.18. The van der Waals surface area contributed by atoms with Gasteiger partial charge in [0.25, 0.3) is 0 Å². The standard InChI is InChI=1S/C21H22BrN3O5S/c1-28-16-7-10-18(19(12-16)29-2)20-23-21(30-24-20)14-4-3-11-25(13-14)31(26,27)17-8-5-15(22)6-9-17/h5-10,12,14H,3-4,11,13H2,1-2H3. The van der Waals surface area contributed by atoms with Gasteiger partial charge < -0.3 is 14.0 Å². The van der Waals surface area contributed by atoms with E-state index in [-0.39, 0.29) is 10.8 Å². The molecule has 1 saturated heterocycles. The summed E-state index contributed by atoms with van der Waals surface area (Å²) in [5.41, 5.74) is 0.674. The summed E-state index contributed by atoms with van der Waals surface area (Å²) in [4.78, 5) is 4.81. The molecular formula is C21H22BrN3O5S. The van der Waals surface area contributed by atoms with Crippen LogP contribution in [0.5, 0.6) is 11.5 Å². The zero-order chi connectivity index (χ0) is 22.0. The van der Waals surface area contributed by atoms with Gasteiger partial charge in [0.15, 0.2) is 0 Å². The lowest BCUT2D eigenvalue weighted by Gasteiger charge is -2.30. The van der Waals surface area contributed by atoms with E-state index >= 15 is 0 Å². The topological polar surface area (TPSA) is 94.8 Å². The number of sulfonamides is 1. The molecule has 1 aliphatic heterocycles. The Morgan fingerprint density at radius 1 is 1.13 bits per heavy atom. The van der Waals surface area contributed by atoms with Gasteiger partial charge >= 0.3 is 0 Å². The van der Waals surface area contributed by atoms with Gasteiger partial charge in [-0.05, 0) is 49.2 Å². The summed E-state index contributed by atoms with van der Waals surface area (Å²) in [6.07, 6.45) is 1.48. The van der Waals surface area contributed by atoms with Crippen molar-refractivity contribution >= 4 is 26.0 Å². The summed E-state index contributed by atoms with van der Waals surface area (Å²) in [6, 6.07) is 12.0. The monoisotopic (exact) mass is 507 g/mol. The number of benzene rings is 2. The second kappa shape index (κ2) is 8.97. The van der Waals surface area contributed by atoms with E-state index in [2.05, 4.69) is 26.1 Å². The van der Waals surface area contributed by atoms with Crippen LogP contribution in [-0.4, -0.2) is 50.2 Å². The Balaban J connectivity index is 1.56. The highest BCUT2D eigenvalue weighted by Crippen LogP contribution is 2.34. The van der Waals surface area contributed by atoms with Crippen LogP contribution in [0.1, 0.15) is 24.7 Å². The van der Waals surface area contributed by atoms with Gasteiger partial charge in [0.05, 0.1) is 30.6 Å². The molecule has 1 aromatic heterocycles. The van der Waals surface area contributed by atoms with Crippen LogP contribution < -0.4 is 9.47 Å². The lowest BCUT2D eigenvalue weighted by molar-refractivity contribution is 0.265. The first-order valence-electron chi connectivity index (χ1n) is 9.74. The molecule has 2 aromatic carbocycles. The van der Waals surface area contributed by atoms with Crippen molar-refractivity contribution in [3.05, 3.63) is 52.8 Å². The van der Waals surface area contributed by atoms with Crippen molar-refractivity contribution in [3.8, 4) is 22.9 Å². The van der Waals surface area contributed by atoms with Crippen LogP contribution in [0.25, 0.3) is 11.4 Å². The average molecular weight is 508 g/mol.